The summed E-state index contributed by atoms with van der Waals surface area (Å²) in [6, 6.07) is 11.2. The molecule has 2 atom stereocenters. The predicted molar refractivity (Wildman–Crippen MR) is 128 cm³/mol. The minimum Gasteiger partial charge on any atom is -0.497 e. The Morgan fingerprint density at radius 1 is 1.12 bits per heavy atom. The van der Waals surface area contributed by atoms with Crippen molar-refractivity contribution in [2.45, 2.75) is 26.3 Å². The van der Waals surface area contributed by atoms with Crippen LogP contribution in [-0.2, 0) is 4.79 Å². The molecule has 0 aliphatic rings. The molecular formula is C22H22Cl2N4O3S. The van der Waals surface area contributed by atoms with Gasteiger partial charge in [0, 0.05) is 11.1 Å². The number of nitrogens with one attached hydrogen (secondary N) is 2. The van der Waals surface area contributed by atoms with E-state index < -0.39 is 11.9 Å². The fraction of sp³-hybridized carbons (Fsp3) is 0.273. The van der Waals surface area contributed by atoms with Crippen LogP contribution in [-0.4, -0.2) is 35.2 Å². The third kappa shape index (κ3) is 5.76. The minimum absolute atomic E-state index is 0.118. The number of methoxy groups -OCH3 is 1. The molecule has 0 saturated heterocycles. The molecule has 7 nitrogen and oxygen atoms in total. The van der Waals surface area contributed by atoms with Crippen LogP contribution in [0.4, 0.5) is 5.13 Å². The van der Waals surface area contributed by atoms with Gasteiger partial charge in [-0.05, 0) is 36.2 Å². The molecule has 0 aliphatic heterocycles. The highest BCUT2D eigenvalue weighted by Crippen LogP contribution is 2.29. The van der Waals surface area contributed by atoms with Crippen molar-refractivity contribution >= 4 is 51.5 Å². The Labute approximate surface area is 200 Å². The number of nitrogens with zero attached hydrogens (tertiary/aromatic N) is 2. The van der Waals surface area contributed by atoms with Crippen molar-refractivity contribution in [1.29, 1.82) is 0 Å². The van der Waals surface area contributed by atoms with Crippen LogP contribution in [0, 0.1) is 5.92 Å². The highest BCUT2D eigenvalue weighted by atomic mass is 35.5. The van der Waals surface area contributed by atoms with Gasteiger partial charge in [0.2, 0.25) is 11.0 Å². The van der Waals surface area contributed by atoms with Crippen molar-refractivity contribution in [3.05, 3.63) is 58.1 Å². The number of benzene rings is 2. The Morgan fingerprint density at radius 3 is 2.59 bits per heavy atom. The molecule has 3 aromatic rings. The Balaban J connectivity index is 1.74. The van der Waals surface area contributed by atoms with Crippen LogP contribution in [0.2, 0.25) is 10.0 Å². The summed E-state index contributed by atoms with van der Waals surface area (Å²) in [6.07, 6.45) is 0.685. The molecule has 1 heterocycles. The SMILES string of the molecule is CCC(C)C(NC(=O)c1ccc(Cl)c(Cl)c1)C(=O)Nc1nnc(-c2cccc(OC)c2)s1. The summed E-state index contributed by atoms with van der Waals surface area (Å²) in [5.41, 5.74) is 1.14. The average Bonchev–Trinajstić information content (AvgIpc) is 3.27. The van der Waals surface area contributed by atoms with Gasteiger partial charge in [-0.15, -0.1) is 10.2 Å². The summed E-state index contributed by atoms with van der Waals surface area (Å²) in [6.45, 7) is 3.84. The Morgan fingerprint density at radius 2 is 1.91 bits per heavy atom. The molecule has 2 unspecified atom stereocenters. The lowest BCUT2D eigenvalue weighted by molar-refractivity contribution is -0.119. The quantitative estimate of drug-likeness (QED) is 0.444. The zero-order valence-corrected chi connectivity index (χ0v) is 20.0. The third-order valence-corrected chi connectivity index (χ3v) is 6.56. The molecule has 2 N–H and O–H groups in total. The van der Waals surface area contributed by atoms with Gasteiger partial charge < -0.3 is 10.1 Å². The monoisotopic (exact) mass is 492 g/mol. The number of hydrogen-bond donors (Lipinski definition) is 2. The number of amides is 2. The highest BCUT2D eigenvalue weighted by Gasteiger charge is 2.27. The van der Waals surface area contributed by atoms with E-state index in [4.69, 9.17) is 27.9 Å². The Kier molecular flexibility index (Phi) is 8.06. The van der Waals surface area contributed by atoms with E-state index >= 15 is 0 Å². The third-order valence-electron chi connectivity index (χ3n) is 4.94. The van der Waals surface area contributed by atoms with Crippen LogP contribution in [0.15, 0.2) is 42.5 Å². The van der Waals surface area contributed by atoms with E-state index in [1.165, 1.54) is 17.4 Å². The van der Waals surface area contributed by atoms with Crippen LogP contribution in [0.25, 0.3) is 10.6 Å². The van der Waals surface area contributed by atoms with Gasteiger partial charge in [0.25, 0.3) is 5.91 Å². The largest absolute Gasteiger partial charge is 0.497 e. The first-order valence-corrected chi connectivity index (χ1v) is 11.4. The molecule has 0 fully saturated rings. The molecule has 1 aromatic heterocycles. The summed E-state index contributed by atoms with van der Waals surface area (Å²) in [5.74, 6) is -0.211. The van der Waals surface area contributed by atoms with Gasteiger partial charge in [0.05, 0.1) is 17.2 Å². The fourth-order valence-electron chi connectivity index (χ4n) is 2.89. The molecule has 0 spiro atoms. The Bertz CT molecular complexity index is 1120. The van der Waals surface area contributed by atoms with Crippen molar-refractivity contribution in [2.24, 2.45) is 5.92 Å². The van der Waals surface area contributed by atoms with Crippen molar-refractivity contribution in [3.63, 3.8) is 0 Å². The molecule has 0 saturated carbocycles. The number of anilines is 1. The molecule has 2 amide bonds. The predicted octanol–water partition coefficient (Wildman–Crippen LogP) is 5.30. The normalized spacial score (nSPS) is 12.7. The molecular weight excluding hydrogens is 471 g/mol. The lowest BCUT2D eigenvalue weighted by Crippen LogP contribution is -2.47. The first kappa shape index (κ1) is 24.0. The Hall–Kier alpha value is -2.68. The van der Waals surface area contributed by atoms with Gasteiger partial charge >= 0.3 is 0 Å². The van der Waals surface area contributed by atoms with Crippen LogP contribution < -0.4 is 15.4 Å². The summed E-state index contributed by atoms with van der Waals surface area (Å²) in [7, 11) is 1.59. The fourth-order valence-corrected chi connectivity index (χ4v) is 3.93. The van der Waals surface area contributed by atoms with Crippen molar-refractivity contribution in [3.8, 4) is 16.3 Å². The van der Waals surface area contributed by atoms with Crippen LogP contribution in [0.1, 0.15) is 30.6 Å². The maximum absolute atomic E-state index is 13.0. The van der Waals surface area contributed by atoms with Crippen molar-refractivity contribution in [2.75, 3.05) is 12.4 Å². The second kappa shape index (κ2) is 10.8. The molecule has 0 bridgehead atoms. The van der Waals surface area contributed by atoms with Crippen LogP contribution >= 0.6 is 34.5 Å². The average molecular weight is 493 g/mol. The number of carbonyl (C=O) groups is 2. The molecule has 32 heavy (non-hydrogen) atoms. The lowest BCUT2D eigenvalue weighted by Gasteiger charge is -2.23. The summed E-state index contributed by atoms with van der Waals surface area (Å²) >= 11 is 13.2. The highest BCUT2D eigenvalue weighted by molar-refractivity contribution is 7.18. The second-order valence-electron chi connectivity index (χ2n) is 7.10. The van der Waals surface area contributed by atoms with E-state index in [1.807, 2.05) is 38.1 Å². The first-order valence-electron chi connectivity index (χ1n) is 9.87. The maximum Gasteiger partial charge on any atom is 0.251 e. The van der Waals surface area contributed by atoms with Gasteiger partial charge in [-0.2, -0.15) is 0 Å². The smallest absolute Gasteiger partial charge is 0.251 e. The summed E-state index contributed by atoms with van der Waals surface area (Å²) < 4.78 is 5.24. The molecule has 10 heteroatoms. The summed E-state index contributed by atoms with van der Waals surface area (Å²) in [4.78, 5) is 25.7. The van der Waals surface area contributed by atoms with Crippen LogP contribution in [0.3, 0.4) is 0 Å². The molecule has 2 aromatic carbocycles. The van der Waals surface area contributed by atoms with E-state index in [0.29, 0.717) is 32.9 Å². The van der Waals surface area contributed by atoms with E-state index in [2.05, 4.69) is 20.8 Å². The van der Waals surface area contributed by atoms with Crippen molar-refractivity contribution in [1.82, 2.24) is 15.5 Å². The van der Waals surface area contributed by atoms with E-state index in [-0.39, 0.29) is 16.8 Å². The number of carbonyl (C=O) groups excluding carboxylic acids is 2. The maximum atomic E-state index is 13.0. The zero-order valence-electron chi connectivity index (χ0n) is 17.7. The molecule has 3 rings (SSSR count). The summed E-state index contributed by atoms with van der Waals surface area (Å²) in [5, 5.41) is 15.4. The van der Waals surface area contributed by atoms with E-state index in [0.717, 1.165) is 5.56 Å². The van der Waals surface area contributed by atoms with E-state index in [1.54, 1.807) is 19.2 Å². The van der Waals surface area contributed by atoms with Gasteiger partial charge in [0.15, 0.2) is 0 Å². The number of aromatic nitrogens is 2. The number of ether oxygens (including phenoxy) is 1. The van der Waals surface area contributed by atoms with Gasteiger partial charge in [-0.25, -0.2) is 0 Å². The number of hydrogen-bond acceptors (Lipinski definition) is 6. The van der Waals surface area contributed by atoms with Gasteiger partial charge in [0.1, 0.15) is 16.8 Å². The topological polar surface area (TPSA) is 93.2 Å². The van der Waals surface area contributed by atoms with E-state index in [9.17, 15) is 9.59 Å². The molecule has 0 radical (unpaired) electrons. The van der Waals surface area contributed by atoms with Crippen LogP contribution in [0.5, 0.6) is 5.75 Å². The number of halogens is 2. The molecule has 0 aliphatic carbocycles. The lowest BCUT2D eigenvalue weighted by atomic mass is 9.98. The zero-order chi connectivity index (χ0) is 23.3. The second-order valence-corrected chi connectivity index (χ2v) is 8.89. The first-order chi connectivity index (χ1) is 15.3. The van der Waals surface area contributed by atoms with Gasteiger partial charge in [-0.3, -0.25) is 14.9 Å². The minimum atomic E-state index is -0.772. The van der Waals surface area contributed by atoms with Gasteiger partial charge in [-0.1, -0.05) is 66.9 Å². The molecule has 168 valence electrons. The standard InChI is InChI=1S/C22H22Cl2N4O3S/c1-4-12(2)18(25-19(29)13-8-9-16(23)17(24)11-13)20(30)26-22-28-27-21(32-22)14-6-5-7-15(10-14)31-3/h5-12,18H,4H2,1-3H3,(H,25,29)(H,26,28,30). The van der Waals surface area contributed by atoms with Crippen molar-refractivity contribution < 1.29 is 14.3 Å². The number of rotatable bonds is 8.